The van der Waals surface area contributed by atoms with Crippen LogP contribution in [0.25, 0.3) is 27.8 Å². The molecule has 5 rings (SSSR count). The number of benzene rings is 2. The number of para-hydroxylation sites is 1. The minimum absolute atomic E-state index is 0.702. The summed E-state index contributed by atoms with van der Waals surface area (Å²) in [5.41, 5.74) is 4.76. The highest BCUT2D eigenvalue weighted by molar-refractivity contribution is 5.85. The van der Waals surface area contributed by atoms with Crippen LogP contribution in [0.15, 0.2) is 73.3 Å². The van der Waals surface area contributed by atoms with Gasteiger partial charge in [-0.25, -0.2) is 9.97 Å². The van der Waals surface area contributed by atoms with Crippen molar-refractivity contribution in [2.45, 2.75) is 0 Å². The maximum absolute atomic E-state index is 5.50. The zero-order chi connectivity index (χ0) is 18.2. The summed E-state index contributed by atoms with van der Waals surface area (Å²) in [6, 6.07) is 16.1. The van der Waals surface area contributed by atoms with Crippen molar-refractivity contribution in [3.05, 3.63) is 73.3 Å². The van der Waals surface area contributed by atoms with Crippen molar-refractivity contribution < 1.29 is 4.74 Å². The number of anilines is 2. The molecule has 0 atom stereocenters. The third-order valence-electron chi connectivity index (χ3n) is 4.63. The highest BCUT2D eigenvalue weighted by Gasteiger charge is 2.13. The van der Waals surface area contributed by atoms with Gasteiger partial charge < -0.3 is 15.0 Å². The Bertz CT molecular complexity index is 1250. The minimum atomic E-state index is 0.702. The highest BCUT2D eigenvalue weighted by atomic mass is 16.5. The van der Waals surface area contributed by atoms with Crippen LogP contribution in [0.5, 0.6) is 5.75 Å². The van der Waals surface area contributed by atoms with E-state index in [1.165, 1.54) is 0 Å². The first-order chi connectivity index (χ1) is 13.3. The van der Waals surface area contributed by atoms with E-state index in [1.54, 1.807) is 13.3 Å². The van der Waals surface area contributed by atoms with Crippen LogP contribution in [0.3, 0.4) is 0 Å². The predicted octanol–water partition coefficient (Wildman–Crippen LogP) is 4.63. The second-order valence-electron chi connectivity index (χ2n) is 6.22. The van der Waals surface area contributed by atoms with Crippen molar-refractivity contribution in [3.63, 3.8) is 0 Å². The molecule has 0 unspecified atom stereocenters. The van der Waals surface area contributed by atoms with Gasteiger partial charge in [0, 0.05) is 40.7 Å². The first kappa shape index (κ1) is 15.5. The first-order valence-electron chi connectivity index (χ1n) is 8.63. The predicted molar refractivity (Wildman–Crippen MR) is 107 cm³/mol. The standard InChI is InChI=1S/C21H17N5O/c1-27-19-5-3-2-4-16(19)18-13-24-21-20(23-10-11-26(18)21)25-15-6-7-17-14(12-15)8-9-22-17/h2-13,22H,1H3,(H,23,25). The van der Waals surface area contributed by atoms with Gasteiger partial charge in [0.2, 0.25) is 0 Å². The Balaban J connectivity index is 1.59. The number of methoxy groups -OCH3 is 1. The molecule has 2 N–H and O–H groups in total. The molecule has 0 bridgehead atoms. The molecule has 0 saturated heterocycles. The lowest BCUT2D eigenvalue weighted by molar-refractivity contribution is 0.416. The lowest BCUT2D eigenvalue weighted by Crippen LogP contribution is -1.99. The van der Waals surface area contributed by atoms with Gasteiger partial charge in [0.05, 0.1) is 19.0 Å². The maximum Gasteiger partial charge on any atom is 0.180 e. The van der Waals surface area contributed by atoms with E-state index in [2.05, 4.69) is 26.3 Å². The van der Waals surface area contributed by atoms with Gasteiger partial charge in [-0.05, 0) is 36.4 Å². The van der Waals surface area contributed by atoms with E-state index < -0.39 is 0 Å². The summed E-state index contributed by atoms with van der Waals surface area (Å²) in [5, 5.41) is 4.53. The summed E-state index contributed by atoms with van der Waals surface area (Å²) in [6.07, 6.45) is 7.45. The number of fused-ring (bicyclic) bond motifs is 2. The quantitative estimate of drug-likeness (QED) is 0.493. The number of rotatable bonds is 4. The third-order valence-corrected chi connectivity index (χ3v) is 4.63. The first-order valence-corrected chi connectivity index (χ1v) is 8.63. The summed E-state index contributed by atoms with van der Waals surface area (Å²) >= 11 is 0. The van der Waals surface area contributed by atoms with Gasteiger partial charge in [0.25, 0.3) is 0 Å². The van der Waals surface area contributed by atoms with E-state index >= 15 is 0 Å². The lowest BCUT2D eigenvalue weighted by atomic mass is 10.1. The summed E-state index contributed by atoms with van der Waals surface area (Å²) in [5.74, 6) is 1.51. The smallest absolute Gasteiger partial charge is 0.180 e. The fourth-order valence-electron chi connectivity index (χ4n) is 3.33. The molecule has 0 aliphatic carbocycles. The van der Waals surface area contributed by atoms with Gasteiger partial charge in [-0.1, -0.05) is 12.1 Å². The topological polar surface area (TPSA) is 67.2 Å². The maximum atomic E-state index is 5.50. The van der Waals surface area contributed by atoms with E-state index in [0.717, 1.165) is 39.2 Å². The van der Waals surface area contributed by atoms with Gasteiger partial charge in [-0.15, -0.1) is 0 Å². The van der Waals surface area contributed by atoms with Crippen molar-refractivity contribution in [2.75, 3.05) is 12.4 Å². The summed E-state index contributed by atoms with van der Waals surface area (Å²) in [7, 11) is 1.67. The average Bonchev–Trinajstić information content (AvgIpc) is 3.35. The largest absolute Gasteiger partial charge is 0.496 e. The van der Waals surface area contributed by atoms with E-state index in [9.17, 15) is 0 Å². The van der Waals surface area contributed by atoms with Crippen LogP contribution in [0.1, 0.15) is 0 Å². The SMILES string of the molecule is COc1ccccc1-c1cnc2c(Nc3ccc4[nH]ccc4c3)nccn12. The molecular formula is C21H17N5O. The van der Waals surface area contributed by atoms with Gasteiger partial charge in [0.1, 0.15) is 5.75 Å². The van der Waals surface area contributed by atoms with Gasteiger partial charge >= 0.3 is 0 Å². The lowest BCUT2D eigenvalue weighted by Gasteiger charge is -2.10. The Kier molecular flexibility index (Phi) is 3.53. The molecule has 0 fully saturated rings. The molecule has 2 aromatic carbocycles. The molecule has 0 amide bonds. The molecule has 6 nitrogen and oxygen atoms in total. The number of imidazole rings is 1. The second kappa shape index (κ2) is 6.17. The Morgan fingerprint density at radius 3 is 2.93 bits per heavy atom. The van der Waals surface area contributed by atoms with Crippen LogP contribution >= 0.6 is 0 Å². The molecular weight excluding hydrogens is 338 g/mol. The van der Waals surface area contributed by atoms with Gasteiger partial charge in [0.15, 0.2) is 11.5 Å². The number of aromatic amines is 1. The van der Waals surface area contributed by atoms with Crippen molar-refractivity contribution in [3.8, 4) is 17.0 Å². The van der Waals surface area contributed by atoms with Gasteiger partial charge in [-0.2, -0.15) is 0 Å². The zero-order valence-corrected chi connectivity index (χ0v) is 14.7. The van der Waals surface area contributed by atoms with Crippen LogP contribution in [0.4, 0.5) is 11.5 Å². The molecule has 0 aliphatic heterocycles. The Morgan fingerprint density at radius 1 is 1.07 bits per heavy atom. The number of hydrogen-bond acceptors (Lipinski definition) is 4. The number of ether oxygens (including phenoxy) is 1. The number of nitrogens with one attached hydrogen (secondary N) is 2. The monoisotopic (exact) mass is 355 g/mol. The van der Waals surface area contributed by atoms with Crippen molar-refractivity contribution in [1.29, 1.82) is 0 Å². The molecule has 27 heavy (non-hydrogen) atoms. The molecule has 3 heterocycles. The minimum Gasteiger partial charge on any atom is -0.496 e. The summed E-state index contributed by atoms with van der Waals surface area (Å²) in [6.45, 7) is 0. The van der Waals surface area contributed by atoms with E-state index in [1.807, 2.05) is 65.5 Å². The Hall–Kier alpha value is -3.80. The number of H-pyrrole nitrogens is 1. The normalized spacial score (nSPS) is 11.1. The third kappa shape index (κ3) is 2.58. The molecule has 6 heteroatoms. The van der Waals surface area contributed by atoms with Gasteiger partial charge in [-0.3, -0.25) is 4.40 Å². The summed E-state index contributed by atoms with van der Waals surface area (Å²) in [4.78, 5) is 12.3. The van der Waals surface area contributed by atoms with Crippen LogP contribution < -0.4 is 10.1 Å². The molecule has 0 saturated carbocycles. The molecule has 0 aliphatic rings. The van der Waals surface area contributed by atoms with Crippen molar-refractivity contribution in [1.82, 2.24) is 19.4 Å². The number of hydrogen-bond donors (Lipinski definition) is 2. The second-order valence-corrected chi connectivity index (χ2v) is 6.22. The fourth-order valence-corrected chi connectivity index (χ4v) is 3.33. The number of aromatic nitrogens is 4. The van der Waals surface area contributed by atoms with Crippen LogP contribution in [-0.2, 0) is 0 Å². The molecule has 132 valence electrons. The number of nitrogens with zero attached hydrogens (tertiary/aromatic N) is 3. The zero-order valence-electron chi connectivity index (χ0n) is 14.7. The molecule has 0 spiro atoms. The highest BCUT2D eigenvalue weighted by Crippen LogP contribution is 2.31. The van der Waals surface area contributed by atoms with Crippen molar-refractivity contribution in [2.24, 2.45) is 0 Å². The van der Waals surface area contributed by atoms with E-state index in [-0.39, 0.29) is 0 Å². The van der Waals surface area contributed by atoms with Crippen molar-refractivity contribution >= 4 is 28.1 Å². The summed E-state index contributed by atoms with van der Waals surface area (Å²) < 4.78 is 7.52. The molecule has 0 radical (unpaired) electrons. The van der Waals surface area contributed by atoms with E-state index in [4.69, 9.17) is 4.74 Å². The Morgan fingerprint density at radius 2 is 2.00 bits per heavy atom. The van der Waals surface area contributed by atoms with Crippen LogP contribution in [0.2, 0.25) is 0 Å². The Labute approximate surface area is 155 Å². The van der Waals surface area contributed by atoms with Crippen LogP contribution in [-0.4, -0.2) is 26.5 Å². The molecule has 3 aromatic heterocycles. The van der Waals surface area contributed by atoms with Crippen LogP contribution in [0, 0.1) is 0 Å². The molecule has 5 aromatic rings. The fraction of sp³-hybridized carbons (Fsp3) is 0.0476. The average molecular weight is 355 g/mol. The van der Waals surface area contributed by atoms with E-state index in [0.29, 0.717) is 5.82 Å².